The highest BCUT2D eigenvalue weighted by molar-refractivity contribution is 5.87. The molecule has 0 heterocycles. The first kappa shape index (κ1) is 20.9. The van der Waals surface area contributed by atoms with E-state index in [4.69, 9.17) is 0 Å². The topological polar surface area (TPSA) is 29.1 Å². The molecule has 2 nitrogen and oxygen atoms in total. The van der Waals surface area contributed by atoms with E-state index in [-0.39, 0.29) is 23.8 Å². The number of rotatable bonds is 7. The molecule has 29 heavy (non-hydrogen) atoms. The van der Waals surface area contributed by atoms with Crippen LogP contribution in [0.15, 0.2) is 84.9 Å². The fourth-order valence-corrected chi connectivity index (χ4v) is 3.75. The minimum Gasteiger partial charge on any atom is -0.348 e. The summed E-state index contributed by atoms with van der Waals surface area (Å²) in [6.45, 7) is 8.70. The molecule has 3 aromatic carbocycles. The lowest BCUT2D eigenvalue weighted by Gasteiger charge is -2.27. The van der Waals surface area contributed by atoms with Gasteiger partial charge in [0.1, 0.15) is 0 Å². The highest BCUT2D eigenvalue weighted by Gasteiger charge is 2.26. The number of nitrogens with one attached hydrogen (secondary N) is 1. The molecule has 0 aliphatic carbocycles. The molecule has 150 valence electrons. The molecule has 0 aliphatic rings. The van der Waals surface area contributed by atoms with Crippen LogP contribution in [0.2, 0.25) is 0 Å². The number of benzene rings is 3. The minimum atomic E-state index is -0.325. The Kier molecular flexibility index (Phi) is 6.87. The van der Waals surface area contributed by atoms with Crippen LogP contribution in [0.25, 0.3) is 0 Å². The zero-order chi connectivity index (χ0) is 20.8. The fourth-order valence-electron chi connectivity index (χ4n) is 3.75. The van der Waals surface area contributed by atoms with Crippen molar-refractivity contribution in [2.45, 2.75) is 45.6 Å². The molecule has 3 rings (SSSR count). The van der Waals surface area contributed by atoms with Crippen LogP contribution in [0.3, 0.4) is 0 Å². The monoisotopic (exact) mass is 385 g/mol. The summed E-state index contributed by atoms with van der Waals surface area (Å²) >= 11 is 0. The SMILES string of the molecule is CC(C)c1ccc([C@H](NC(=O)C(c2ccccc2)c2ccccc2)C(C)C)cc1. The Morgan fingerprint density at radius 2 is 1.07 bits per heavy atom. The molecule has 1 amide bonds. The van der Waals surface area contributed by atoms with E-state index < -0.39 is 0 Å². The Morgan fingerprint density at radius 3 is 1.48 bits per heavy atom. The standard InChI is InChI=1S/C27H31NO/c1-19(2)21-15-17-24(18-16-21)26(20(3)4)28-27(29)25(22-11-7-5-8-12-22)23-13-9-6-10-14-23/h5-20,25-26H,1-4H3,(H,28,29)/t26-/m1/s1. The van der Waals surface area contributed by atoms with Crippen molar-refractivity contribution in [3.8, 4) is 0 Å². The lowest BCUT2D eigenvalue weighted by molar-refractivity contribution is -0.122. The van der Waals surface area contributed by atoms with E-state index in [0.29, 0.717) is 5.92 Å². The van der Waals surface area contributed by atoms with E-state index in [1.165, 1.54) is 5.56 Å². The summed E-state index contributed by atoms with van der Waals surface area (Å²) in [5.41, 5.74) is 4.48. The summed E-state index contributed by atoms with van der Waals surface area (Å²) in [6.07, 6.45) is 0. The van der Waals surface area contributed by atoms with Gasteiger partial charge in [0.05, 0.1) is 12.0 Å². The van der Waals surface area contributed by atoms with Crippen molar-refractivity contribution < 1.29 is 4.79 Å². The van der Waals surface area contributed by atoms with E-state index in [1.54, 1.807) is 0 Å². The van der Waals surface area contributed by atoms with Crippen molar-refractivity contribution in [3.63, 3.8) is 0 Å². The van der Waals surface area contributed by atoms with Gasteiger partial charge in [-0.3, -0.25) is 4.79 Å². The normalized spacial score (nSPS) is 12.4. The summed E-state index contributed by atoms with van der Waals surface area (Å²) in [7, 11) is 0. The Bertz CT molecular complexity index is 859. The van der Waals surface area contributed by atoms with E-state index in [0.717, 1.165) is 16.7 Å². The lowest BCUT2D eigenvalue weighted by Crippen LogP contribution is -2.35. The van der Waals surface area contributed by atoms with Gasteiger partial charge in [0, 0.05) is 0 Å². The first-order valence-corrected chi connectivity index (χ1v) is 10.5. The molecule has 0 aliphatic heterocycles. The number of amides is 1. The zero-order valence-electron chi connectivity index (χ0n) is 17.8. The van der Waals surface area contributed by atoms with Crippen molar-refractivity contribution >= 4 is 5.91 Å². The van der Waals surface area contributed by atoms with Crippen LogP contribution in [-0.2, 0) is 4.79 Å². The first-order valence-electron chi connectivity index (χ1n) is 10.5. The van der Waals surface area contributed by atoms with Crippen molar-refractivity contribution in [2.24, 2.45) is 5.92 Å². The fraction of sp³-hybridized carbons (Fsp3) is 0.296. The van der Waals surface area contributed by atoms with Crippen LogP contribution >= 0.6 is 0 Å². The van der Waals surface area contributed by atoms with Gasteiger partial charge in [0.15, 0.2) is 0 Å². The van der Waals surface area contributed by atoms with Crippen molar-refractivity contribution in [1.29, 1.82) is 0 Å². The smallest absolute Gasteiger partial charge is 0.232 e. The van der Waals surface area contributed by atoms with Gasteiger partial charge in [-0.2, -0.15) is 0 Å². The third-order valence-electron chi connectivity index (χ3n) is 5.45. The second-order valence-corrected chi connectivity index (χ2v) is 8.31. The summed E-state index contributed by atoms with van der Waals surface area (Å²) in [5.74, 6) is 0.496. The molecule has 0 aromatic heterocycles. The van der Waals surface area contributed by atoms with Crippen molar-refractivity contribution in [3.05, 3.63) is 107 Å². The molecular weight excluding hydrogens is 354 g/mol. The van der Waals surface area contributed by atoms with Gasteiger partial charge in [0.2, 0.25) is 5.91 Å². The maximum atomic E-state index is 13.5. The first-order chi connectivity index (χ1) is 14.0. The second kappa shape index (κ2) is 9.56. The summed E-state index contributed by atoms with van der Waals surface area (Å²) in [4.78, 5) is 13.5. The van der Waals surface area contributed by atoms with E-state index in [9.17, 15) is 4.79 Å². The predicted octanol–water partition coefficient (Wildman–Crippen LogP) is 6.46. The molecular formula is C27H31NO. The van der Waals surface area contributed by atoms with E-state index in [2.05, 4.69) is 57.3 Å². The Hall–Kier alpha value is -2.87. The third kappa shape index (κ3) is 5.14. The quantitative estimate of drug-likeness (QED) is 0.497. The van der Waals surface area contributed by atoms with Crippen LogP contribution in [-0.4, -0.2) is 5.91 Å². The molecule has 0 spiro atoms. The Balaban J connectivity index is 1.90. The molecule has 0 unspecified atom stereocenters. The Labute approximate surface area is 175 Å². The highest BCUT2D eigenvalue weighted by Crippen LogP contribution is 2.29. The maximum absolute atomic E-state index is 13.5. The van der Waals surface area contributed by atoms with Crippen LogP contribution in [0.1, 0.15) is 67.8 Å². The number of carbonyl (C=O) groups excluding carboxylic acids is 1. The van der Waals surface area contributed by atoms with Gasteiger partial charge in [0.25, 0.3) is 0 Å². The van der Waals surface area contributed by atoms with E-state index >= 15 is 0 Å². The summed E-state index contributed by atoms with van der Waals surface area (Å²) in [5, 5.41) is 3.34. The third-order valence-corrected chi connectivity index (χ3v) is 5.45. The van der Waals surface area contributed by atoms with Crippen LogP contribution in [0.4, 0.5) is 0 Å². The number of carbonyl (C=O) groups is 1. The largest absolute Gasteiger partial charge is 0.348 e. The molecule has 3 aromatic rings. The van der Waals surface area contributed by atoms with E-state index in [1.807, 2.05) is 60.7 Å². The van der Waals surface area contributed by atoms with Crippen LogP contribution in [0.5, 0.6) is 0 Å². The molecule has 0 saturated heterocycles. The van der Waals surface area contributed by atoms with Crippen LogP contribution < -0.4 is 5.32 Å². The van der Waals surface area contributed by atoms with Gasteiger partial charge in [-0.1, -0.05) is 113 Å². The maximum Gasteiger partial charge on any atom is 0.232 e. The van der Waals surface area contributed by atoms with Gasteiger partial charge < -0.3 is 5.32 Å². The molecule has 1 N–H and O–H groups in total. The van der Waals surface area contributed by atoms with Crippen molar-refractivity contribution in [2.75, 3.05) is 0 Å². The number of hydrogen-bond acceptors (Lipinski definition) is 1. The molecule has 0 radical (unpaired) electrons. The Morgan fingerprint density at radius 1 is 0.621 bits per heavy atom. The van der Waals surface area contributed by atoms with Gasteiger partial charge >= 0.3 is 0 Å². The van der Waals surface area contributed by atoms with Crippen LogP contribution in [0, 0.1) is 5.92 Å². The average molecular weight is 386 g/mol. The molecule has 0 saturated carbocycles. The summed E-state index contributed by atoms with van der Waals surface area (Å²) < 4.78 is 0. The van der Waals surface area contributed by atoms with Gasteiger partial charge in [-0.05, 0) is 34.1 Å². The van der Waals surface area contributed by atoms with Gasteiger partial charge in [-0.25, -0.2) is 0 Å². The predicted molar refractivity (Wildman–Crippen MR) is 121 cm³/mol. The summed E-state index contributed by atoms with van der Waals surface area (Å²) in [6, 6.07) is 28.7. The second-order valence-electron chi connectivity index (χ2n) is 8.31. The molecule has 2 heteroatoms. The van der Waals surface area contributed by atoms with Gasteiger partial charge in [-0.15, -0.1) is 0 Å². The lowest BCUT2D eigenvalue weighted by atomic mass is 9.88. The minimum absolute atomic E-state index is 0.0290. The van der Waals surface area contributed by atoms with Crippen molar-refractivity contribution in [1.82, 2.24) is 5.32 Å². The highest BCUT2D eigenvalue weighted by atomic mass is 16.1. The zero-order valence-corrected chi connectivity index (χ0v) is 17.8. The molecule has 0 fully saturated rings. The molecule has 0 bridgehead atoms. The number of hydrogen-bond donors (Lipinski definition) is 1. The molecule has 1 atom stereocenters. The average Bonchev–Trinajstić information content (AvgIpc) is 2.73.